The second kappa shape index (κ2) is 7.88. The molecule has 0 bridgehead atoms. The summed E-state index contributed by atoms with van der Waals surface area (Å²) in [7, 11) is 0. The zero-order chi connectivity index (χ0) is 18.6. The van der Waals surface area contributed by atoms with Gasteiger partial charge in [0, 0.05) is 5.69 Å². The van der Waals surface area contributed by atoms with Crippen LogP contribution in [0.15, 0.2) is 30.5 Å². The quantitative estimate of drug-likeness (QED) is 0.809. The van der Waals surface area contributed by atoms with Crippen LogP contribution in [0, 0.1) is 0 Å². The summed E-state index contributed by atoms with van der Waals surface area (Å²) in [5.74, 6) is -1.42. The summed E-state index contributed by atoms with van der Waals surface area (Å²) < 4.78 is 11.5. The molecule has 6 heteroatoms. The Morgan fingerprint density at radius 3 is 2.12 bits per heavy atom. The first-order valence-electron chi connectivity index (χ1n) is 8.29. The average molecular weight is 345 g/mol. The van der Waals surface area contributed by atoms with Crippen LogP contribution in [0.1, 0.15) is 60.0 Å². The summed E-state index contributed by atoms with van der Waals surface area (Å²) >= 11 is 0. The number of hydrogen-bond donors (Lipinski definition) is 1. The van der Waals surface area contributed by atoms with E-state index in [2.05, 4.69) is 13.8 Å². The molecule has 1 heterocycles. The van der Waals surface area contributed by atoms with Gasteiger partial charge in [-0.15, -0.1) is 0 Å². The molecule has 0 aliphatic carbocycles. The van der Waals surface area contributed by atoms with Crippen LogP contribution in [0.2, 0.25) is 0 Å². The van der Waals surface area contributed by atoms with Crippen LogP contribution < -0.4 is 0 Å². The highest BCUT2D eigenvalue weighted by Crippen LogP contribution is 2.29. The highest BCUT2D eigenvalue weighted by atomic mass is 16.5. The molecule has 0 saturated heterocycles. The van der Waals surface area contributed by atoms with E-state index < -0.39 is 11.9 Å². The van der Waals surface area contributed by atoms with Crippen molar-refractivity contribution in [3.05, 3.63) is 47.3 Å². The molecule has 25 heavy (non-hydrogen) atoms. The smallest absolute Gasteiger partial charge is 0.356 e. The standard InChI is InChI=1S/C19H23NO5/c1-5-24-18(22)16-15(21)11-20(17(16)19(23)25-6-2)14-9-7-13(8-10-14)12(3)4/h7-12,21H,5-6H2,1-4H3. The third-order valence-corrected chi connectivity index (χ3v) is 3.77. The highest BCUT2D eigenvalue weighted by molar-refractivity contribution is 6.05. The van der Waals surface area contributed by atoms with Gasteiger partial charge in [0.15, 0.2) is 5.69 Å². The van der Waals surface area contributed by atoms with Crippen LogP contribution in [-0.4, -0.2) is 34.8 Å². The monoisotopic (exact) mass is 345 g/mol. The Bertz CT molecular complexity index is 759. The van der Waals surface area contributed by atoms with Gasteiger partial charge in [0.05, 0.1) is 19.4 Å². The van der Waals surface area contributed by atoms with Gasteiger partial charge in [-0.1, -0.05) is 26.0 Å². The third kappa shape index (κ3) is 3.84. The predicted molar refractivity (Wildman–Crippen MR) is 93.4 cm³/mol. The molecule has 2 aromatic rings. The molecule has 0 aliphatic heterocycles. The Balaban J connectivity index is 2.58. The number of esters is 2. The van der Waals surface area contributed by atoms with Crippen molar-refractivity contribution in [2.24, 2.45) is 0 Å². The number of aromatic nitrogens is 1. The van der Waals surface area contributed by atoms with Crippen molar-refractivity contribution in [3.8, 4) is 11.4 Å². The molecule has 6 nitrogen and oxygen atoms in total. The second-order valence-electron chi connectivity index (χ2n) is 5.80. The van der Waals surface area contributed by atoms with Crippen molar-refractivity contribution >= 4 is 11.9 Å². The van der Waals surface area contributed by atoms with Gasteiger partial charge in [-0.05, 0) is 37.5 Å². The normalized spacial score (nSPS) is 10.8. The van der Waals surface area contributed by atoms with Gasteiger partial charge < -0.3 is 19.1 Å². The summed E-state index contributed by atoms with van der Waals surface area (Å²) in [5, 5.41) is 10.2. The lowest BCUT2D eigenvalue weighted by Gasteiger charge is -2.11. The zero-order valence-electron chi connectivity index (χ0n) is 14.9. The number of aromatic hydroxyl groups is 1. The molecular weight excluding hydrogens is 322 g/mol. The van der Waals surface area contributed by atoms with Gasteiger partial charge >= 0.3 is 11.9 Å². The highest BCUT2D eigenvalue weighted by Gasteiger charge is 2.29. The number of nitrogens with zero attached hydrogens (tertiary/aromatic N) is 1. The fraction of sp³-hybridized carbons (Fsp3) is 0.368. The van der Waals surface area contributed by atoms with Crippen molar-refractivity contribution in [2.75, 3.05) is 13.2 Å². The number of rotatable bonds is 6. The van der Waals surface area contributed by atoms with E-state index in [1.807, 2.05) is 24.3 Å². The minimum Gasteiger partial charge on any atom is -0.505 e. The average Bonchev–Trinajstić information content (AvgIpc) is 2.93. The topological polar surface area (TPSA) is 77.8 Å². The maximum Gasteiger partial charge on any atom is 0.356 e. The van der Waals surface area contributed by atoms with Gasteiger partial charge in [0.1, 0.15) is 11.3 Å². The third-order valence-electron chi connectivity index (χ3n) is 3.77. The van der Waals surface area contributed by atoms with Crippen molar-refractivity contribution in [1.29, 1.82) is 0 Å². The molecule has 1 aromatic heterocycles. The molecule has 134 valence electrons. The maximum atomic E-state index is 12.4. The zero-order valence-corrected chi connectivity index (χ0v) is 14.9. The lowest BCUT2D eigenvalue weighted by Crippen LogP contribution is -2.16. The number of carbonyl (C=O) groups is 2. The largest absolute Gasteiger partial charge is 0.505 e. The molecule has 2 rings (SSSR count). The van der Waals surface area contributed by atoms with Crippen LogP contribution >= 0.6 is 0 Å². The van der Waals surface area contributed by atoms with Crippen LogP contribution in [0.5, 0.6) is 5.75 Å². The second-order valence-corrected chi connectivity index (χ2v) is 5.80. The summed E-state index contributed by atoms with van der Waals surface area (Å²) in [5.41, 5.74) is 1.55. The molecule has 1 N–H and O–H groups in total. The van der Waals surface area contributed by atoms with E-state index in [0.29, 0.717) is 11.6 Å². The summed E-state index contributed by atoms with van der Waals surface area (Å²) in [6, 6.07) is 7.53. The molecular formula is C19H23NO5. The van der Waals surface area contributed by atoms with E-state index >= 15 is 0 Å². The fourth-order valence-electron chi connectivity index (χ4n) is 2.52. The van der Waals surface area contributed by atoms with Gasteiger partial charge in [0.25, 0.3) is 0 Å². The van der Waals surface area contributed by atoms with Crippen molar-refractivity contribution in [1.82, 2.24) is 4.57 Å². The lowest BCUT2D eigenvalue weighted by molar-refractivity contribution is 0.0471. The van der Waals surface area contributed by atoms with E-state index in [9.17, 15) is 14.7 Å². The molecule has 1 aromatic carbocycles. The molecule has 0 radical (unpaired) electrons. The van der Waals surface area contributed by atoms with Crippen molar-refractivity contribution in [2.45, 2.75) is 33.6 Å². The first kappa shape index (κ1) is 18.6. The Morgan fingerprint density at radius 2 is 1.60 bits per heavy atom. The minimum atomic E-state index is -0.763. The SMILES string of the molecule is CCOC(=O)c1c(O)cn(-c2ccc(C(C)C)cc2)c1C(=O)OCC. The molecule has 0 unspecified atom stereocenters. The summed E-state index contributed by atoms with van der Waals surface area (Å²) in [4.78, 5) is 24.6. The molecule has 0 fully saturated rings. The van der Waals surface area contributed by atoms with Crippen molar-refractivity contribution < 1.29 is 24.2 Å². The van der Waals surface area contributed by atoms with Gasteiger partial charge in [0.2, 0.25) is 0 Å². The molecule has 0 atom stereocenters. The number of ether oxygens (including phenoxy) is 2. The molecule has 0 amide bonds. The molecule has 0 spiro atoms. The van der Waals surface area contributed by atoms with Gasteiger partial charge in [-0.2, -0.15) is 0 Å². The van der Waals surface area contributed by atoms with Gasteiger partial charge in [-0.25, -0.2) is 9.59 Å². The Kier molecular flexibility index (Phi) is 5.85. The number of carbonyl (C=O) groups excluding carboxylic acids is 2. The van der Waals surface area contributed by atoms with Gasteiger partial charge in [-0.3, -0.25) is 0 Å². The predicted octanol–water partition coefficient (Wildman–Crippen LogP) is 3.66. The Hall–Kier alpha value is -2.76. The van der Waals surface area contributed by atoms with E-state index in [1.165, 1.54) is 10.8 Å². The Morgan fingerprint density at radius 1 is 1.04 bits per heavy atom. The lowest BCUT2D eigenvalue weighted by atomic mass is 10.0. The molecule has 0 aliphatic rings. The van der Waals surface area contributed by atoms with Crippen LogP contribution in [0.4, 0.5) is 0 Å². The minimum absolute atomic E-state index is 0.0462. The fourth-order valence-corrected chi connectivity index (χ4v) is 2.52. The number of hydrogen-bond acceptors (Lipinski definition) is 5. The van der Waals surface area contributed by atoms with Crippen LogP contribution in [0.3, 0.4) is 0 Å². The summed E-state index contributed by atoms with van der Waals surface area (Å²) in [6.45, 7) is 7.78. The Labute approximate surface area is 147 Å². The van der Waals surface area contributed by atoms with Crippen molar-refractivity contribution in [3.63, 3.8) is 0 Å². The molecule has 0 saturated carbocycles. The van der Waals surface area contributed by atoms with E-state index in [1.54, 1.807) is 13.8 Å². The van der Waals surface area contributed by atoms with E-state index in [4.69, 9.17) is 9.47 Å². The maximum absolute atomic E-state index is 12.4. The first-order valence-corrected chi connectivity index (χ1v) is 8.29. The number of benzene rings is 1. The summed E-state index contributed by atoms with van der Waals surface area (Å²) in [6.07, 6.45) is 1.32. The van der Waals surface area contributed by atoms with Crippen LogP contribution in [-0.2, 0) is 9.47 Å². The first-order chi connectivity index (χ1) is 11.9. The van der Waals surface area contributed by atoms with E-state index in [-0.39, 0.29) is 30.2 Å². The van der Waals surface area contributed by atoms with Crippen LogP contribution in [0.25, 0.3) is 5.69 Å². The van der Waals surface area contributed by atoms with E-state index in [0.717, 1.165) is 5.56 Å².